The van der Waals surface area contributed by atoms with Gasteiger partial charge in [-0.25, -0.2) is 4.39 Å². The summed E-state index contributed by atoms with van der Waals surface area (Å²) >= 11 is 5.36. The Morgan fingerprint density at radius 2 is 2.27 bits per heavy atom. The third kappa shape index (κ3) is 4.56. The van der Waals surface area contributed by atoms with Crippen LogP contribution in [-0.2, 0) is 0 Å². The molecule has 15 heavy (non-hydrogen) atoms. The summed E-state index contributed by atoms with van der Waals surface area (Å²) in [5.41, 5.74) is 1.10. The first-order chi connectivity index (χ1) is 7.27. The molecular formula is C12H16BrFS. The van der Waals surface area contributed by atoms with E-state index in [1.54, 1.807) is 12.1 Å². The summed E-state index contributed by atoms with van der Waals surface area (Å²) in [6, 6.07) is 6.94. The topological polar surface area (TPSA) is 0 Å². The van der Waals surface area contributed by atoms with Crippen LogP contribution in [0.1, 0.15) is 24.3 Å². The van der Waals surface area contributed by atoms with Crippen molar-refractivity contribution in [3.63, 3.8) is 0 Å². The fraction of sp³-hybridized carbons (Fsp3) is 0.500. The van der Waals surface area contributed by atoms with Crippen molar-refractivity contribution >= 4 is 27.7 Å². The number of alkyl halides is 1. The van der Waals surface area contributed by atoms with Gasteiger partial charge in [-0.2, -0.15) is 11.8 Å². The van der Waals surface area contributed by atoms with Crippen molar-refractivity contribution in [1.29, 1.82) is 0 Å². The molecule has 0 fully saturated rings. The van der Waals surface area contributed by atoms with Gasteiger partial charge in [0.15, 0.2) is 0 Å². The molecule has 0 bridgehead atoms. The highest BCUT2D eigenvalue weighted by molar-refractivity contribution is 9.09. The zero-order valence-electron chi connectivity index (χ0n) is 8.88. The average Bonchev–Trinajstić information content (AvgIpc) is 2.24. The van der Waals surface area contributed by atoms with Gasteiger partial charge in [-0.3, -0.25) is 0 Å². The van der Waals surface area contributed by atoms with Crippen molar-refractivity contribution in [2.75, 3.05) is 17.3 Å². The fourth-order valence-corrected chi connectivity index (χ4v) is 2.72. The first kappa shape index (κ1) is 13.0. The van der Waals surface area contributed by atoms with Crippen LogP contribution in [-0.4, -0.2) is 17.3 Å². The quantitative estimate of drug-likeness (QED) is 0.551. The second kappa shape index (κ2) is 7.29. The number of hydrogen-bond acceptors (Lipinski definition) is 1. The summed E-state index contributed by atoms with van der Waals surface area (Å²) in [6.45, 7) is 0. The minimum atomic E-state index is -0.136. The fourth-order valence-electron chi connectivity index (χ4n) is 1.57. The van der Waals surface area contributed by atoms with Crippen LogP contribution in [0.15, 0.2) is 24.3 Å². The van der Waals surface area contributed by atoms with Crippen LogP contribution in [0.3, 0.4) is 0 Å². The molecule has 1 aromatic carbocycles. The van der Waals surface area contributed by atoms with Gasteiger partial charge in [0.05, 0.1) is 0 Å². The van der Waals surface area contributed by atoms with Crippen LogP contribution in [0.2, 0.25) is 0 Å². The normalized spacial score (nSPS) is 12.7. The van der Waals surface area contributed by atoms with Gasteiger partial charge in [0.2, 0.25) is 0 Å². The van der Waals surface area contributed by atoms with Crippen molar-refractivity contribution in [1.82, 2.24) is 0 Å². The minimum Gasteiger partial charge on any atom is -0.207 e. The molecule has 0 amide bonds. The lowest BCUT2D eigenvalue weighted by Gasteiger charge is -2.14. The first-order valence-electron chi connectivity index (χ1n) is 5.08. The van der Waals surface area contributed by atoms with Crippen molar-refractivity contribution in [3.05, 3.63) is 35.6 Å². The summed E-state index contributed by atoms with van der Waals surface area (Å²) in [7, 11) is 0. The number of benzene rings is 1. The smallest absolute Gasteiger partial charge is 0.123 e. The Balaban J connectivity index is 2.57. The summed E-state index contributed by atoms with van der Waals surface area (Å²) in [6.07, 6.45) is 4.43. The van der Waals surface area contributed by atoms with Crippen LogP contribution in [0.25, 0.3) is 0 Å². The second-order valence-electron chi connectivity index (χ2n) is 3.54. The monoisotopic (exact) mass is 290 g/mol. The molecular weight excluding hydrogens is 275 g/mol. The molecule has 1 aromatic rings. The van der Waals surface area contributed by atoms with E-state index >= 15 is 0 Å². The van der Waals surface area contributed by atoms with E-state index in [1.807, 2.05) is 17.8 Å². The largest absolute Gasteiger partial charge is 0.207 e. The highest BCUT2D eigenvalue weighted by atomic mass is 79.9. The predicted octanol–water partition coefficient (Wildman–Crippen LogP) is 4.45. The Morgan fingerprint density at radius 3 is 2.87 bits per heavy atom. The van der Waals surface area contributed by atoms with Gasteiger partial charge in [-0.05, 0) is 48.5 Å². The molecule has 84 valence electrons. The molecule has 0 saturated heterocycles. The van der Waals surface area contributed by atoms with Crippen LogP contribution in [0.5, 0.6) is 0 Å². The van der Waals surface area contributed by atoms with Gasteiger partial charge in [-0.1, -0.05) is 28.1 Å². The molecule has 0 heterocycles. The SMILES string of the molecule is CSCCCC(CBr)c1cccc(F)c1. The van der Waals surface area contributed by atoms with Crippen molar-refractivity contribution in [3.8, 4) is 0 Å². The van der Waals surface area contributed by atoms with E-state index in [0.717, 1.165) is 17.3 Å². The number of halogens is 2. The summed E-state index contributed by atoms with van der Waals surface area (Å²) < 4.78 is 13.0. The highest BCUT2D eigenvalue weighted by Crippen LogP contribution is 2.24. The van der Waals surface area contributed by atoms with Gasteiger partial charge in [0.1, 0.15) is 5.82 Å². The standard InChI is InChI=1S/C12H16BrFS/c1-15-7-3-5-11(9-13)10-4-2-6-12(14)8-10/h2,4,6,8,11H,3,5,7,9H2,1H3. The molecule has 1 rings (SSSR count). The van der Waals surface area contributed by atoms with E-state index < -0.39 is 0 Å². The molecule has 0 radical (unpaired) electrons. The van der Waals surface area contributed by atoms with Gasteiger partial charge >= 0.3 is 0 Å². The summed E-state index contributed by atoms with van der Waals surface area (Å²) in [5, 5.41) is 0.908. The molecule has 0 spiro atoms. The van der Waals surface area contributed by atoms with Crippen LogP contribution in [0.4, 0.5) is 4.39 Å². The average molecular weight is 291 g/mol. The molecule has 0 aliphatic carbocycles. The molecule has 1 atom stereocenters. The third-order valence-electron chi connectivity index (χ3n) is 2.41. The van der Waals surface area contributed by atoms with Crippen LogP contribution < -0.4 is 0 Å². The van der Waals surface area contributed by atoms with Gasteiger partial charge in [0.25, 0.3) is 0 Å². The first-order valence-corrected chi connectivity index (χ1v) is 7.60. The van der Waals surface area contributed by atoms with Crippen LogP contribution in [0, 0.1) is 5.82 Å². The molecule has 0 aromatic heterocycles. The maximum atomic E-state index is 13.0. The Labute approximate surface area is 104 Å². The Morgan fingerprint density at radius 1 is 1.47 bits per heavy atom. The van der Waals surface area contributed by atoms with E-state index in [2.05, 4.69) is 22.2 Å². The number of thioether (sulfide) groups is 1. The predicted molar refractivity (Wildman–Crippen MR) is 70.6 cm³/mol. The number of rotatable bonds is 6. The number of hydrogen-bond donors (Lipinski definition) is 0. The van der Waals surface area contributed by atoms with Gasteiger partial charge in [0, 0.05) is 5.33 Å². The molecule has 0 nitrogen and oxygen atoms in total. The van der Waals surface area contributed by atoms with E-state index in [0.29, 0.717) is 5.92 Å². The van der Waals surface area contributed by atoms with Gasteiger partial charge in [-0.15, -0.1) is 0 Å². The molecule has 3 heteroatoms. The van der Waals surface area contributed by atoms with Crippen molar-refractivity contribution in [2.24, 2.45) is 0 Å². The molecule has 0 aliphatic rings. The van der Waals surface area contributed by atoms with Gasteiger partial charge < -0.3 is 0 Å². The van der Waals surface area contributed by atoms with Crippen molar-refractivity contribution < 1.29 is 4.39 Å². The molecule has 0 saturated carbocycles. The Hall–Kier alpha value is -0.0200. The Bertz CT molecular complexity index is 291. The highest BCUT2D eigenvalue weighted by Gasteiger charge is 2.10. The zero-order valence-corrected chi connectivity index (χ0v) is 11.3. The maximum Gasteiger partial charge on any atom is 0.123 e. The maximum absolute atomic E-state index is 13.0. The zero-order chi connectivity index (χ0) is 11.1. The Kier molecular flexibility index (Phi) is 6.34. The molecule has 1 unspecified atom stereocenters. The third-order valence-corrected chi connectivity index (χ3v) is 3.89. The lowest BCUT2D eigenvalue weighted by molar-refractivity contribution is 0.616. The second-order valence-corrected chi connectivity index (χ2v) is 5.17. The summed E-state index contributed by atoms with van der Waals surface area (Å²) in [5.74, 6) is 1.48. The minimum absolute atomic E-state index is 0.136. The molecule has 0 aliphatic heterocycles. The molecule has 0 N–H and O–H groups in total. The van der Waals surface area contributed by atoms with E-state index in [9.17, 15) is 4.39 Å². The summed E-state index contributed by atoms with van der Waals surface area (Å²) in [4.78, 5) is 0. The van der Waals surface area contributed by atoms with E-state index in [-0.39, 0.29) is 5.82 Å². The lowest BCUT2D eigenvalue weighted by atomic mass is 9.96. The van der Waals surface area contributed by atoms with Crippen LogP contribution >= 0.6 is 27.7 Å². The van der Waals surface area contributed by atoms with E-state index in [4.69, 9.17) is 0 Å². The van der Waals surface area contributed by atoms with E-state index in [1.165, 1.54) is 18.2 Å². The lowest BCUT2D eigenvalue weighted by Crippen LogP contribution is -2.01. The van der Waals surface area contributed by atoms with Crippen molar-refractivity contribution in [2.45, 2.75) is 18.8 Å².